The maximum atomic E-state index is 17.2. The molecule has 0 amide bonds. The molecule has 4 heterocycles. The predicted molar refractivity (Wildman–Crippen MR) is 184 cm³/mol. The first-order chi connectivity index (χ1) is 24.5. The fourth-order valence-electron chi connectivity index (χ4n) is 8.86. The zero-order chi connectivity index (χ0) is 35.3. The van der Waals surface area contributed by atoms with Crippen molar-refractivity contribution in [2.75, 3.05) is 44.2 Å². The Balaban J connectivity index is 1.11. The molecule has 3 saturated heterocycles. The van der Waals surface area contributed by atoms with Gasteiger partial charge in [-0.3, -0.25) is 0 Å². The largest absolute Gasteiger partial charge is 0.508 e. The van der Waals surface area contributed by atoms with Crippen LogP contribution in [-0.4, -0.2) is 77.3 Å². The second-order valence-electron chi connectivity index (χ2n) is 15.4. The van der Waals surface area contributed by atoms with Crippen molar-refractivity contribution in [3.05, 3.63) is 53.1 Å². The lowest BCUT2D eigenvalue weighted by Gasteiger charge is -2.35. The van der Waals surface area contributed by atoms with Crippen molar-refractivity contribution in [3.63, 3.8) is 0 Å². The summed E-state index contributed by atoms with van der Waals surface area (Å²) in [6, 6.07) is 9.46. The number of nitriles is 1. The normalized spacial score (nSPS) is 24.1. The molecule has 0 radical (unpaired) electrons. The van der Waals surface area contributed by atoms with Gasteiger partial charge in [0.15, 0.2) is 5.82 Å². The van der Waals surface area contributed by atoms with E-state index in [0.29, 0.717) is 55.6 Å². The number of piperazine rings is 1. The maximum Gasteiger partial charge on any atom is 0.319 e. The lowest BCUT2D eigenvalue weighted by molar-refractivity contribution is 0.0252. The van der Waals surface area contributed by atoms with E-state index in [4.69, 9.17) is 16.1 Å². The zero-order valence-corrected chi connectivity index (χ0v) is 27.9. The number of rotatable bonds is 7. The minimum Gasteiger partial charge on any atom is -0.508 e. The third-order valence-corrected chi connectivity index (χ3v) is 12.0. The smallest absolute Gasteiger partial charge is 0.319 e. The Labute approximate surface area is 292 Å². The van der Waals surface area contributed by atoms with Crippen molar-refractivity contribution in [1.82, 2.24) is 20.2 Å². The first-order valence-corrected chi connectivity index (χ1v) is 17.6. The van der Waals surface area contributed by atoms with Gasteiger partial charge in [-0.1, -0.05) is 12.0 Å². The van der Waals surface area contributed by atoms with E-state index in [0.717, 1.165) is 32.2 Å². The highest BCUT2D eigenvalue weighted by molar-refractivity contribution is 6.05. The third kappa shape index (κ3) is 5.34. The number of aromatic nitrogens is 2. The van der Waals surface area contributed by atoms with Crippen LogP contribution in [0, 0.1) is 46.1 Å². The molecule has 4 aromatic rings. The number of likely N-dealkylation sites (tertiary alicyclic amines) is 1. The molecule has 8 nitrogen and oxygen atoms in total. The number of fused-ring (bicyclic) bond motifs is 4. The summed E-state index contributed by atoms with van der Waals surface area (Å²) in [5, 5.41) is 25.6. The number of piperidine rings is 1. The average molecular weight is 697 g/mol. The Bertz CT molecular complexity index is 2190. The lowest BCUT2D eigenvalue weighted by Crippen LogP contribution is -2.51. The van der Waals surface area contributed by atoms with Gasteiger partial charge in [0.05, 0.1) is 23.8 Å². The molecule has 1 aromatic heterocycles. The van der Waals surface area contributed by atoms with E-state index in [2.05, 4.69) is 32.1 Å². The number of terminal acetylenes is 1. The first-order valence-electron chi connectivity index (χ1n) is 17.6. The Morgan fingerprint density at radius 3 is 2.41 bits per heavy atom. The van der Waals surface area contributed by atoms with Crippen molar-refractivity contribution >= 4 is 27.5 Å². The minimum atomic E-state index is -2.54. The monoisotopic (exact) mass is 696 g/mol. The molecule has 9 rings (SSSR count). The van der Waals surface area contributed by atoms with Crippen LogP contribution in [-0.2, 0) is 0 Å². The number of hydrogen-bond donors (Lipinski definition) is 2. The van der Waals surface area contributed by atoms with Gasteiger partial charge in [0.1, 0.15) is 22.9 Å². The maximum absolute atomic E-state index is 17.2. The van der Waals surface area contributed by atoms with Gasteiger partial charge in [0, 0.05) is 65.3 Å². The van der Waals surface area contributed by atoms with E-state index in [1.54, 1.807) is 6.07 Å². The van der Waals surface area contributed by atoms with Crippen molar-refractivity contribution in [2.45, 2.75) is 63.0 Å². The highest BCUT2D eigenvalue weighted by Gasteiger charge is 2.70. The molecule has 5 aliphatic rings. The molecule has 2 aliphatic carbocycles. The van der Waals surface area contributed by atoms with Crippen molar-refractivity contribution in [3.8, 4) is 41.3 Å². The van der Waals surface area contributed by atoms with Crippen molar-refractivity contribution < 1.29 is 27.4 Å². The average Bonchev–Trinajstić information content (AvgIpc) is 3.96. The summed E-state index contributed by atoms with van der Waals surface area (Å²) in [4.78, 5) is 13.8. The van der Waals surface area contributed by atoms with E-state index >= 15 is 4.39 Å². The molecule has 2 saturated carbocycles. The van der Waals surface area contributed by atoms with Gasteiger partial charge in [0.2, 0.25) is 0 Å². The second kappa shape index (κ2) is 11.4. The Hall–Kier alpha value is -4.65. The number of nitrogens with zero attached hydrogens (tertiary/aromatic N) is 5. The molecule has 3 aliphatic heterocycles. The topological polar surface area (TPSA) is 97.5 Å². The second-order valence-corrected chi connectivity index (χ2v) is 15.4. The van der Waals surface area contributed by atoms with Gasteiger partial charge in [-0.25, -0.2) is 17.6 Å². The van der Waals surface area contributed by atoms with E-state index in [1.807, 2.05) is 0 Å². The number of alkyl halides is 2. The zero-order valence-electron chi connectivity index (χ0n) is 27.9. The molecule has 1 spiro atoms. The molecule has 2 unspecified atom stereocenters. The van der Waals surface area contributed by atoms with E-state index < -0.39 is 23.0 Å². The molecule has 3 aromatic carbocycles. The van der Waals surface area contributed by atoms with Gasteiger partial charge >= 0.3 is 6.01 Å². The fraction of sp³-hybridized carbons (Fsp3) is 0.462. The standard InChI is InChI=1S/C39H36F4N6O2/c1-2-27-30(40)6-3-22-13-26(50)15-28(31(22)27)32-23(16-44)14-29-34(33(32)41)46-36(47-35(29)49-17-24-4-5-25(18-49)45-24)51-21-37(7-8-37)20-48-11-9-38(10-12-48)19-39(38,42)43/h1,3,6,13-15,24-25,45,50H,4-5,7-12,17-21H2. The summed E-state index contributed by atoms with van der Waals surface area (Å²) < 4.78 is 66.4. The lowest BCUT2D eigenvalue weighted by atomic mass is 9.90. The van der Waals surface area contributed by atoms with E-state index in [9.17, 15) is 23.5 Å². The van der Waals surface area contributed by atoms with Crippen LogP contribution in [0.3, 0.4) is 0 Å². The first kappa shape index (κ1) is 32.3. The molecular formula is C39H36F4N6O2. The van der Waals surface area contributed by atoms with Gasteiger partial charge in [-0.05, 0) is 86.8 Å². The third-order valence-electron chi connectivity index (χ3n) is 12.0. The Morgan fingerprint density at radius 1 is 1.04 bits per heavy atom. The van der Waals surface area contributed by atoms with Crippen LogP contribution < -0.4 is 15.0 Å². The molecule has 2 bridgehead atoms. The fourth-order valence-corrected chi connectivity index (χ4v) is 8.86. The summed E-state index contributed by atoms with van der Waals surface area (Å²) in [5.74, 6) is -1.45. The molecule has 262 valence electrons. The number of aromatic hydroxyl groups is 1. The number of ether oxygens (including phenoxy) is 1. The number of benzene rings is 3. The summed E-state index contributed by atoms with van der Waals surface area (Å²) >= 11 is 0. The molecule has 5 fully saturated rings. The molecule has 12 heteroatoms. The van der Waals surface area contributed by atoms with Crippen LogP contribution in [0.5, 0.6) is 11.8 Å². The van der Waals surface area contributed by atoms with Gasteiger partial charge in [0.25, 0.3) is 5.92 Å². The van der Waals surface area contributed by atoms with Crippen LogP contribution in [0.1, 0.15) is 56.1 Å². The quantitative estimate of drug-likeness (QED) is 0.167. The number of hydrogen-bond acceptors (Lipinski definition) is 8. The molecule has 2 N–H and O–H groups in total. The van der Waals surface area contributed by atoms with E-state index in [1.165, 1.54) is 24.3 Å². The SMILES string of the molecule is C#Cc1c(F)ccc2cc(O)cc(-c3c(C#N)cc4c(N5CC6CCC(C5)N6)nc(OCC5(CN6CCC7(CC6)CC7(F)F)CC5)nc4c3F)c12. The van der Waals surface area contributed by atoms with E-state index in [-0.39, 0.29) is 75.4 Å². The summed E-state index contributed by atoms with van der Waals surface area (Å²) in [6.45, 7) is 3.53. The number of phenolic OH excluding ortho intramolecular Hbond substituents is 1. The summed E-state index contributed by atoms with van der Waals surface area (Å²) in [7, 11) is 0. The molecule has 51 heavy (non-hydrogen) atoms. The van der Waals surface area contributed by atoms with Crippen molar-refractivity contribution in [1.29, 1.82) is 5.26 Å². The van der Waals surface area contributed by atoms with Crippen LogP contribution in [0.15, 0.2) is 30.3 Å². The van der Waals surface area contributed by atoms with Crippen LogP contribution in [0.25, 0.3) is 32.8 Å². The number of nitrogens with one attached hydrogen (secondary N) is 1. The van der Waals surface area contributed by atoms with Crippen LogP contribution in [0.2, 0.25) is 0 Å². The summed E-state index contributed by atoms with van der Waals surface area (Å²) in [6.07, 6.45) is 10.5. The van der Waals surface area contributed by atoms with Crippen LogP contribution in [0.4, 0.5) is 23.4 Å². The summed E-state index contributed by atoms with van der Waals surface area (Å²) in [5.41, 5.74) is -1.30. The molecular weight excluding hydrogens is 660 g/mol. The predicted octanol–water partition coefficient (Wildman–Crippen LogP) is 6.51. The van der Waals surface area contributed by atoms with Gasteiger partial charge in [-0.2, -0.15) is 15.2 Å². The number of halogens is 4. The Kier molecular flexibility index (Phi) is 7.23. The highest BCUT2D eigenvalue weighted by Crippen LogP contribution is 2.66. The van der Waals surface area contributed by atoms with Crippen LogP contribution >= 0.6 is 0 Å². The number of anilines is 1. The number of phenols is 1. The molecule has 2 atom stereocenters. The Morgan fingerprint density at radius 2 is 1.76 bits per heavy atom. The van der Waals surface area contributed by atoms with Gasteiger partial charge < -0.3 is 25.0 Å². The minimum absolute atomic E-state index is 0.00391. The van der Waals surface area contributed by atoms with Gasteiger partial charge in [-0.15, -0.1) is 6.42 Å². The van der Waals surface area contributed by atoms with Crippen molar-refractivity contribution in [2.24, 2.45) is 10.8 Å². The highest BCUT2D eigenvalue weighted by atomic mass is 19.3.